The first-order valence-corrected chi connectivity index (χ1v) is 6.99. The van der Waals surface area contributed by atoms with Gasteiger partial charge in [0.1, 0.15) is 0 Å². The van der Waals surface area contributed by atoms with Gasteiger partial charge in [-0.25, -0.2) is 0 Å². The van der Waals surface area contributed by atoms with E-state index in [1.165, 1.54) is 32.1 Å². The van der Waals surface area contributed by atoms with E-state index in [4.69, 9.17) is 4.74 Å². The van der Waals surface area contributed by atoms with Gasteiger partial charge in [-0.05, 0) is 37.5 Å². The van der Waals surface area contributed by atoms with Gasteiger partial charge in [0.05, 0.1) is 6.10 Å². The van der Waals surface area contributed by atoms with E-state index in [1.54, 1.807) is 0 Å². The van der Waals surface area contributed by atoms with E-state index < -0.39 is 0 Å². The van der Waals surface area contributed by atoms with Crippen LogP contribution in [0.1, 0.15) is 52.9 Å². The van der Waals surface area contributed by atoms with Crippen molar-refractivity contribution >= 4 is 22.6 Å². The van der Waals surface area contributed by atoms with Gasteiger partial charge in [0.2, 0.25) is 0 Å². The number of halogens is 1. The van der Waals surface area contributed by atoms with Crippen LogP contribution in [0, 0.1) is 5.41 Å². The van der Waals surface area contributed by atoms with E-state index in [9.17, 15) is 0 Å². The van der Waals surface area contributed by atoms with Gasteiger partial charge in [-0.3, -0.25) is 0 Å². The molecule has 0 aromatic rings. The summed E-state index contributed by atoms with van der Waals surface area (Å²) in [5.74, 6) is 0. The van der Waals surface area contributed by atoms with Crippen LogP contribution in [0.25, 0.3) is 0 Å². The fourth-order valence-corrected chi connectivity index (χ4v) is 2.91. The lowest BCUT2D eigenvalue weighted by atomic mass is 9.91. The van der Waals surface area contributed by atoms with Gasteiger partial charge in [-0.1, -0.05) is 43.4 Å². The Morgan fingerprint density at radius 3 is 2.50 bits per heavy atom. The maximum absolute atomic E-state index is 5.90. The molecule has 1 rings (SSSR count). The van der Waals surface area contributed by atoms with Gasteiger partial charge in [-0.2, -0.15) is 0 Å². The zero-order valence-corrected chi connectivity index (χ0v) is 11.8. The molecular formula is C12H23IO. The molecule has 0 saturated heterocycles. The first-order chi connectivity index (χ1) is 6.49. The van der Waals surface area contributed by atoms with Crippen molar-refractivity contribution in [1.82, 2.24) is 0 Å². The number of alkyl halides is 1. The van der Waals surface area contributed by atoms with Crippen LogP contribution in [-0.4, -0.2) is 16.6 Å². The smallest absolute Gasteiger partial charge is 0.0692 e. The number of ether oxygens (including phenoxy) is 1. The third-order valence-electron chi connectivity index (χ3n) is 2.77. The molecule has 84 valence electrons. The zero-order chi connectivity index (χ0) is 10.6. The van der Waals surface area contributed by atoms with E-state index in [0.717, 1.165) is 10.5 Å². The molecule has 0 spiro atoms. The van der Waals surface area contributed by atoms with Crippen LogP contribution in [0.3, 0.4) is 0 Å². The van der Waals surface area contributed by atoms with Crippen molar-refractivity contribution in [2.24, 2.45) is 5.41 Å². The Labute approximate surface area is 102 Å². The SMILES string of the molecule is CC(C)(C)CCCOC1CCCC1I. The lowest BCUT2D eigenvalue weighted by Gasteiger charge is -2.19. The highest BCUT2D eigenvalue weighted by atomic mass is 127. The Kier molecular flexibility index (Phi) is 5.18. The van der Waals surface area contributed by atoms with Gasteiger partial charge >= 0.3 is 0 Å². The average molecular weight is 310 g/mol. The molecule has 1 fully saturated rings. The van der Waals surface area contributed by atoms with E-state index in [-0.39, 0.29) is 0 Å². The first kappa shape index (κ1) is 12.8. The van der Waals surface area contributed by atoms with Crippen LogP contribution in [-0.2, 0) is 4.74 Å². The van der Waals surface area contributed by atoms with Crippen LogP contribution in [0.2, 0.25) is 0 Å². The molecule has 1 nitrogen and oxygen atoms in total. The molecular weight excluding hydrogens is 287 g/mol. The monoisotopic (exact) mass is 310 g/mol. The van der Waals surface area contributed by atoms with E-state index >= 15 is 0 Å². The molecule has 0 aromatic carbocycles. The summed E-state index contributed by atoms with van der Waals surface area (Å²) in [6, 6.07) is 0. The summed E-state index contributed by atoms with van der Waals surface area (Å²) in [7, 11) is 0. The second-order valence-electron chi connectivity index (χ2n) is 5.52. The molecule has 14 heavy (non-hydrogen) atoms. The highest BCUT2D eigenvalue weighted by Gasteiger charge is 2.25. The molecule has 2 atom stereocenters. The van der Waals surface area contributed by atoms with Crippen LogP contribution in [0.5, 0.6) is 0 Å². The molecule has 0 aromatic heterocycles. The van der Waals surface area contributed by atoms with E-state index in [1.807, 2.05) is 0 Å². The van der Waals surface area contributed by atoms with Crippen molar-refractivity contribution in [3.8, 4) is 0 Å². The number of rotatable bonds is 4. The topological polar surface area (TPSA) is 9.23 Å². The molecule has 1 aliphatic carbocycles. The third kappa shape index (κ3) is 4.96. The lowest BCUT2D eigenvalue weighted by molar-refractivity contribution is 0.0572. The molecule has 2 unspecified atom stereocenters. The quantitative estimate of drug-likeness (QED) is 0.430. The maximum atomic E-state index is 5.90. The summed E-state index contributed by atoms with van der Waals surface area (Å²) in [6.45, 7) is 7.85. The maximum Gasteiger partial charge on any atom is 0.0692 e. The largest absolute Gasteiger partial charge is 0.377 e. The Morgan fingerprint density at radius 1 is 1.29 bits per heavy atom. The van der Waals surface area contributed by atoms with Crippen LogP contribution < -0.4 is 0 Å². The number of hydrogen-bond acceptors (Lipinski definition) is 1. The highest BCUT2D eigenvalue weighted by Crippen LogP contribution is 2.29. The second-order valence-corrected chi connectivity index (χ2v) is 7.12. The van der Waals surface area contributed by atoms with Crippen molar-refractivity contribution in [1.29, 1.82) is 0 Å². The minimum atomic E-state index is 0.461. The van der Waals surface area contributed by atoms with Gasteiger partial charge in [0.25, 0.3) is 0 Å². The summed E-state index contributed by atoms with van der Waals surface area (Å²) in [6.07, 6.45) is 7.02. The highest BCUT2D eigenvalue weighted by molar-refractivity contribution is 14.1. The fraction of sp³-hybridized carbons (Fsp3) is 1.00. The second kappa shape index (κ2) is 5.69. The minimum Gasteiger partial charge on any atom is -0.377 e. The van der Waals surface area contributed by atoms with E-state index in [2.05, 4.69) is 43.4 Å². The molecule has 0 radical (unpaired) electrons. The predicted molar refractivity (Wildman–Crippen MR) is 70.1 cm³/mol. The van der Waals surface area contributed by atoms with Crippen molar-refractivity contribution in [2.75, 3.05) is 6.61 Å². The summed E-state index contributed by atoms with van der Waals surface area (Å²) in [4.78, 5) is 0. The third-order valence-corrected chi connectivity index (χ3v) is 4.20. The predicted octanol–water partition coefficient (Wildman–Crippen LogP) is 4.19. The minimum absolute atomic E-state index is 0.461. The summed E-state index contributed by atoms with van der Waals surface area (Å²) in [5, 5.41) is 0. The molecule has 1 aliphatic rings. The summed E-state index contributed by atoms with van der Waals surface area (Å²) in [5.41, 5.74) is 0.461. The van der Waals surface area contributed by atoms with Gasteiger partial charge in [0, 0.05) is 10.5 Å². The van der Waals surface area contributed by atoms with Crippen LogP contribution in [0.15, 0.2) is 0 Å². The van der Waals surface area contributed by atoms with Gasteiger partial charge in [-0.15, -0.1) is 0 Å². The lowest BCUT2D eigenvalue weighted by Crippen LogP contribution is -2.19. The Balaban J connectivity index is 2.04. The zero-order valence-electron chi connectivity index (χ0n) is 9.68. The number of hydrogen-bond donors (Lipinski definition) is 0. The molecule has 0 N–H and O–H groups in total. The van der Waals surface area contributed by atoms with Crippen LogP contribution >= 0.6 is 22.6 Å². The van der Waals surface area contributed by atoms with E-state index in [0.29, 0.717) is 11.5 Å². The molecule has 0 bridgehead atoms. The summed E-state index contributed by atoms with van der Waals surface area (Å²) < 4.78 is 6.67. The molecule has 0 amide bonds. The van der Waals surface area contributed by atoms with Crippen molar-refractivity contribution < 1.29 is 4.74 Å². The first-order valence-electron chi connectivity index (χ1n) is 5.75. The van der Waals surface area contributed by atoms with Crippen LogP contribution in [0.4, 0.5) is 0 Å². The summed E-state index contributed by atoms with van der Waals surface area (Å²) >= 11 is 2.54. The molecule has 0 heterocycles. The van der Waals surface area contributed by atoms with Gasteiger partial charge in [0.15, 0.2) is 0 Å². The van der Waals surface area contributed by atoms with Crippen molar-refractivity contribution in [3.05, 3.63) is 0 Å². The Bertz CT molecular complexity index is 162. The molecule has 2 heteroatoms. The fourth-order valence-electron chi connectivity index (χ4n) is 1.91. The Hall–Kier alpha value is 0.690. The molecule has 0 aliphatic heterocycles. The Morgan fingerprint density at radius 2 is 2.00 bits per heavy atom. The normalized spacial score (nSPS) is 28.3. The van der Waals surface area contributed by atoms with Crippen molar-refractivity contribution in [3.63, 3.8) is 0 Å². The average Bonchev–Trinajstić information content (AvgIpc) is 2.44. The standard InChI is InChI=1S/C12H23IO/c1-12(2,3)8-5-9-14-11-7-4-6-10(11)13/h10-11H,4-9H2,1-3H3. The molecule has 1 saturated carbocycles. The van der Waals surface area contributed by atoms with Crippen molar-refractivity contribution in [2.45, 2.75) is 62.9 Å². The van der Waals surface area contributed by atoms with Gasteiger partial charge < -0.3 is 4.74 Å².